The van der Waals surface area contributed by atoms with Crippen molar-refractivity contribution in [1.82, 2.24) is 14.1 Å². The van der Waals surface area contributed by atoms with Crippen LogP contribution in [0.1, 0.15) is 44.1 Å². The van der Waals surface area contributed by atoms with Crippen molar-refractivity contribution in [2.75, 3.05) is 45.8 Å². The van der Waals surface area contributed by atoms with Gasteiger partial charge in [0.15, 0.2) is 0 Å². The van der Waals surface area contributed by atoms with Gasteiger partial charge in [-0.25, -0.2) is 8.42 Å². The number of carbonyl (C=O) groups excluding carboxylic acids is 1. The molecule has 8 heteroatoms. The van der Waals surface area contributed by atoms with E-state index in [-0.39, 0.29) is 11.3 Å². The Hall–Kier alpha value is -0.960. The average molecular weight is 426 g/mol. The zero-order valence-corrected chi connectivity index (χ0v) is 18.4. The fourth-order valence-electron chi connectivity index (χ4n) is 5.14. The summed E-state index contributed by atoms with van der Waals surface area (Å²) < 4.78 is 28.6. The summed E-state index contributed by atoms with van der Waals surface area (Å²) in [7, 11) is -3.42. The van der Waals surface area contributed by atoms with Gasteiger partial charge < -0.3 is 4.90 Å². The van der Waals surface area contributed by atoms with Crippen LogP contribution in [0, 0.1) is 12.3 Å². The van der Waals surface area contributed by atoms with Gasteiger partial charge in [0.05, 0.1) is 6.54 Å². The Morgan fingerprint density at radius 2 is 1.79 bits per heavy atom. The predicted molar refractivity (Wildman–Crippen MR) is 111 cm³/mol. The van der Waals surface area contributed by atoms with Gasteiger partial charge in [-0.3, -0.25) is 9.69 Å². The molecule has 3 fully saturated rings. The van der Waals surface area contributed by atoms with Crippen molar-refractivity contribution in [2.24, 2.45) is 5.41 Å². The number of likely N-dealkylation sites (tertiary alicyclic amines) is 2. The maximum absolute atomic E-state index is 13.2. The normalized spacial score (nSPS) is 27.5. The Morgan fingerprint density at radius 3 is 2.46 bits per heavy atom. The molecule has 3 aliphatic rings. The Balaban J connectivity index is 1.45. The van der Waals surface area contributed by atoms with Gasteiger partial charge in [0.2, 0.25) is 5.91 Å². The van der Waals surface area contributed by atoms with Crippen molar-refractivity contribution in [3.63, 3.8) is 0 Å². The van der Waals surface area contributed by atoms with E-state index in [0.717, 1.165) is 70.3 Å². The number of carbonyl (C=O) groups is 1. The van der Waals surface area contributed by atoms with E-state index in [1.165, 1.54) is 11.3 Å². The Kier molecular flexibility index (Phi) is 5.84. The number of rotatable bonds is 4. The molecule has 4 rings (SSSR count). The van der Waals surface area contributed by atoms with Crippen LogP contribution in [0.4, 0.5) is 0 Å². The van der Waals surface area contributed by atoms with Crippen LogP contribution >= 0.6 is 11.3 Å². The van der Waals surface area contributed by atoms with Crippen molar-refractivity contribution >= 4 is 27.3 Å². The Morgan fingerprint density at radius 1 is 1.07 bits per heavy atom. The fraction of sp³-hybridized carbons (Fsp3) is 0.750. The van der Waals surface area contributed by atoms with Gasteiger partial charge in [0, 0.05) is 32.7 Å². The number of thiophene rings is 1. The van der Waals surface area contributed by atoms with Crippen LogP contribution in [0.15, 0.2) is 15.7 Å². The zero-order valence-electron chi connectivity index (χ0n) is 16.7. The molecule has 6 nitrogen and oxygen atoms in total. The van der Waals surface area contributed by atoms with Crippen molar-refractivity contribution in [3.05, 3.63) is 17.0 Å². The summed E-state index contributed by atoms with van der Waals surface area (Å²) in [6, 6.07) is 1.88. The first-order valence-corrected chi connectivity index (χ1v) is 12.8. The molecule has 1 amide bonds. The van der Waals surface area contributed by atoms with Crippen molar-refractivity contribution in [1.29, 1.82) is 0 Å². The largest absolute Gasteiger partial charge is 0.342 e. The van der Waals surface area contributed by atoms with Crippen LogP contribution in [0.25, 0.3) is 0 Å². The standard InChI is InChI=1S/C20H31N3O3S2/c1-17-6-13-27-19(17)28(25,26)23-12-5-8-20(16-23)7-4-9-21(15-20)14-18(24)22-10-2-3-11-22/h6,13H,2-5,7-12,14-16H2,1H3. The number of hydrogen-bond donors (Lipinski definition) is 0. The fourth-order valence-corrected chi connectivity index (χ4v) is 8.29. The summed E-state index contributed by atoms with van der Waals surface area (Å²) >= 11 is 1.32. The van der Waals surface area contributed by atoms with Gasteiger partial charge in [-0.15, -0.1) is 11.3 Å². The predicted octanol–water partition coefficient (Wildman–Crippen LogP) is 2.55. The van der Waals surface area contributed by atoms with Crippen LogP contribution < -0.4 is 0 Å². The summed E-state index contributed by atoms with van der Waals surface area (Å²) in [5, 5.41) is 1.86. The lowest BCUT2D eigenvalue weighted by Crippen LogP contribution is -2.54. The van der Waals surface area contributed by atoms with E-state index in [9.17, 15) is 13.2 Å². The van der Waals surface area contributed by atoms with Gasteiger partial charge in [-0.2, -0.15) is 4.31 Å². The first kappa shape index (κ1) is 20.3. The summed E-state index contributed by atoms with van der Waals surface area (Å²) in [6.45, 7) is 7.11. The van der Waals surface area contributed by atoms with Gasteiger partial charge in [0.1, 0.15) is 4.21 Å². The second-order valence-corrected chi connectivity index (χ2v) is 11.8. The van der Waals surface area contributed by atoms with E-state index in [1.54, 1.807) is 4.31 Å². The highest BCUT2D eigenvalue weighted by molar-refractivity contribution is 7.91. The lowest BCUT2D eigenvalue weighted by atomic mass is 9.74. The average Bonchev–Trinajstić information content (AvgIpc) is 3.33. The number of aryl methyl sites for hydroxylation is 1. The van der Waals surface area contributed by atoms with E-state index in [2.05, 4.69) is 4.90 Å². The molecule has 0 aromatic carbocycles. The van der Waals surface area contributed by atoms with E-state index < -0.39 is 10.0 Å². The molecule has 0 radical (unpaired) electrons. The third-order valence-corrected chi connectivity index (χ3v) is 10.1. The quantitative estimate of drug-likeness (QED) is 0.744. The Bertz CT molecular complexity index is 812. The minimum Gasteiger partial charge on any atom is -0.342 e. The van der Waals surface area contributed by atoms with Crippen LogP contribution in [-0.4, -0.2) is 74.2 Å². The summed E-state index contributed by atoms with van der Waals surface area (Å²) in [6.07, 6.45) is 6.28. The molecule has 4 heterocycles. The van der Waals surface area contributed by atoms with Gasteiger partial charge in [0.25, 0.3) is 10.0 Å². The molecule has 1 atom stereocenters. The summed E-state index contributed by atoms with van der Waals surface area (Å²) in [4.78, 5) is 16.8. The zero-order chi connectivity index (χ0) is 19.8. The molecule has 1 aromatic heterocycles. The highest BCUT2D eigenvalue weighted by atomic mass is 32.2. The first-order chi connectivity index (χ1) is 13.4. The number of piperidine rings is 2. The molecule has 0 bridgehead atoms. The van der Waals surface area contributed by atoms with Crippen LogP contribution in [0.3, 0.4) is 0 Å². The lowest BCUT2D eigenvalue weighted by Gasteiger charge is -2.48. The van der Waals surface area contributed by atoms with Gasteiger partial charge >= 0.3 is 0 Å². The van der Waals surface area contributed by atoms with E-state index in [4.69, 9.17) is 0 Å². The first-order valence-electron chi connectivity index (χ1n) is 10.4. The summed E-state index contributed by atoms with van der Waals surface area (Å²) in [5.41, 5.74) is 0.825. The smallest absolute Gasteiger partial charge is 0.252 e. The maximum atomic E-state index is 13.2. The SMILES string of the molecule is Cc1ccsc1S(=O)(=O)N1CCCC2(CCCN(CC(=O)N3CCCC3)C2)C1. The minimum absolute atomic E-state index is 0.0139. The molecule has 1 unspecified atom stereocenters. The Labute approximate surface area is 172 Å². The lowest BCUT2D eigenvalue weighted by molar-refractivity contribution is -0.132. The number of amides is 1. The summed E-state index contributed by atoms with van der Waals surface area (Å²) in [5.74, 6) is 0.240. The van der Waals surface area contributed by atoms with Gasteiger partial charge in [-0.05, 0) is 74.4 Å². The van der Waals surface area contributed by atoms with Crippen molar-refractivity contribution in [2.45, 2.75) is 49.7 Å². The van der Waals surface area contributed by atoms with Crippen molar-refractivity contribution < 1.29 is 13.2 Å². The third kappa shape index (κ3) is 4.01. The highest BCUT2D eigenvalue weighted by Crippen LogP contribution is 2.40. The van der Waals surface area contributed by atoms with E-state index >= 15 is 0 Å². The maximum Gasteiger partial charge on any atom is 0.252 e. The molecule has 156 valence electrons. The van der Waals surface area contributed by atoms with E-state index in [1.807, 2.05) is 23.3 Å². The van der Waals surface area contributed by atoms with E-state index in [0.29, 0.717) is 23.8 Å². The number of nitrogens with zero attached hydrogens (tertiary/aromatic N) is 3. The number of sulfonamides is 1. The second kappa shape index (κ2) is 8.05. The monoisotopic (exact) mass is 425 g/mol. The molecule has 0 N–H and O–H groups in total. The van der Waals surface area contributed by atoms with Gasteiger partial charge in [-0.1, -0.05) is 0 Å². The topological polar surface area (TPSA) is 60.9 Å². The molecule has 3 saturated heterocycles. The molecular weight excluding hydrogens is 394 g/mol. The van der Waals surface area contributed by atoms with Crippen LogP contribution in [0.2, 0.25) is 0 Å². The molecule has 0 aliphatic carbocycles. The molecule has 3 aliphatic heterocycles. The third-order valence-electron chi connectivity index (χ3n) is 6.57. The van der Waals surface area contributed by atoms with Crippen LogP contribution in [0.5, 0.6) is 0 Å². The minimum atomic E-state index is -3.42. The van der Waals surface area contributed by atoms with Crippen molar-refractivity contribution in [3.8, 4) is 0 Å². The molecule has 1 spiro atoms. The molecular formula is C20H31N3O3S2. The molecule has 0 saturated carbocycles. The second-order valence-electron chi connectivity index (χ2n) is 8.74. The number of hydrogen-bond acceptors (Lipinski definition) is 5. The van der Waals surface area contributed by atoms with Crippen LogP contribution in [-0.2, 0) is 14.8 Å². The highest BCUT2D eigenvalue weighted by Gasteiger charge is 2.43. The molecule has 28 heavy (non-hydrogen) atoms. The molecule has 1 aromatic rings.